The number of carbonyl (C=O) groups is 1. The Kier molecular flexibility index (Phi) is 4.76. The summed E-state index contributed by atoms with van der Waals surface area (Å²) in [6.07, 6.45) is 0.754. The van der Waals surface area contributed by atoms with Gasteiger partial charge in [-0.1, -0.05) is 13.0 Å². The van der Waals surface area contributed by atoms with E-state index in [1.165, 1.54) is 12.1 Å². The van der Waals surface area contributed by atoms with Crippen LogP contribution in [0.3, 0.4) is 0 Å². The van der Waals surface area contributed by atoms with Crippen LogP contribution in [0.15, 0.2) is 18.2 Å². The maximum atomic E-state index is 13.8. The molecule has 1 heterocycles. The third-order valence-electron chi connectivity index (χ3n) is 3.65. The lowest BCUT2D eigenvalue weighted by atomic mass is 10.00. The highest BCUT2D eigenvalue weighted by atomic mass is 19.1. The quantitative estimate of drug-likeness (QED) is 0.898. The summed E-state index contributed by atoms with van der Waals surface area (Å²) in [5, 5.41) is 18.5. The van der Waals surface area contributed by atoms with Gasteiger partial charge in [0.2, 0.25) is 0 Å². The summed E-state index contributed by atoms with van der Waals surface area (Å²) in [7, 11) is 0. The predicted octanol–water partition coefficient (Wildman–Crippen LogP) is 2.01. The van der Waals surface area contributed by atoms with Crippen LogP contribution >= 0.6 is 0 Å². The van der Waals surface area contributed by atoms with E-state index in [0.717, 1.165) is 6.42 Å². The molecule has 0 spiro atoms. The molecule has 2 unspecified atom stereocenters. The van der Waals surface area contributed by atoms with Crippen molar-refractivity contribution in [1.29, 1.82) is 5.26 Å². The van der Waals surface area contributed by atoms with E-state index in [-0.39, 0.29) is 18.8 Å². The zero-order valence-electron chi connectivity index (χ0n) is 11.8. The van der Waals surface area contributed by atoms with Crippen LogP contribution in [0.1, 0.15) is 18.9 Å². The van der Waals surface area contributed by atoms with Crippen LogP contribution in [0, 0.1) is 23.1 Å². The number of anilines is 1. The molecule has 0 aromatic heterocycles. The smallest absolute Gasteiger partial charge is 0.311 e. The first-order valence-electron chi connectivity index (χ1n) is 6.86. The fourth-order valence-electron chi connectivity index (χ4n) is 2.65. The van der Waals surface area contributed by atoms with E-state index in [1.807, 2.05) is 13.0 Å². The SMILES string of the molecule is CCCN(c1cccc(F)c1C#N)C1COCC1C(=O)O. The number of ether oxygens (including phenoxy) is 1. The fourth-order valence-corrected chi connectivity index (χ4v) is 2.65. The van der Waals surface area contributed by atoms with E-state index >= 15 is 0 Å². The van der Waals surface area contributed by atoms with Crippen molar-refractivity contribution in [2.24, 2.45) is 5.92 Å². The predicted molar refractivity (Wildman–Crippen MR) is 74.5 cm³/mol. The van der Waals surface area contributed by atoms with Crippen molar-refractivity contribution in [3.8, 4) is 6.07 Å². The molecule has 112 valence electrons. The van der Waals surface area contributed by atoms with Crippen LogP contribution in [0.5, 0.6) is 0 Å². The minimum absolute atomic E-state index is 0.0537. The minimum atomic E-state index is -0.937. The fraction of sp³-hybridized carbons (Fsp3) is 0.467. The van der Waals surface area contributed by atoms with E-state index in [2.05, 4.69) is 0 Å². The van der Waals surface area contributed by atoms with Crippen LogP contribution in [-0.4, -0.2) is 36.9 Å². The molecule has 6 heteroatoms. The molecule has 21 heavy (non-hydrogen) atoms. The van der Waals surface area contributed by atoms with Crippen molar-refractivity contribution in [2.75, 3.05) is 24.7 Å². The standard InChI is InChI=1S/C15H17FN2O3/c1-2-6-18(14-9-21-8-11(14)15(19)20)13-5-3-4-12(16)10(13)7-17/h3-5,11,14H,2,6,8-9H2,1H3,(H,19,20). The summed E-state index contributed by atoms with van der Waals surface area (Å²) in [6, 6.07) is 5.88. The first kappa shape index (κ1) is 15.3. The van der Waals surface area contributed by atoms with E-state index in [1.54, 1.807) is 11.0 Å². The molecular formula is C15H17FN2O3. The zero-order valence-corrected chi connectivity index (χ0v) is 11.8. The molecule has 0 aliphatic carbocycles. The van der Waals surface area contributed by atoms with Gasteiger partial charge in [-0.2, -0.15) is 5.26 Å². The molecular weight excluding hydrogens is 275 g/mol. The molecule has 2 atom stereocenters. The average molecular weight is 292 g/mol. The number of rotatable bonds is 5. The Hall–Kier alpha value is -2.13. The highest BCUT2D eigenvalue weighted by Gasteiger charge is 2.38. The lowest BCUT2D eigenvalue weighted by molar-refractivity contribution is -0.141. The largest absolute Gasteiger partial charge is 0.481 e. The van der Waals surface area contributed by atoms with Crippen molar-refractivity contribution in [3.05, 3.63) is 29.6 Å². The van der Waals surface area contributed by atoms with E-state index < -0.39 is 23.7 Å². The highest BCUT2D eigenvalue weighted by molar-refractivity contribution is 5.73. The number of benzene rings is 1. The Morgan fingerprint density at radius 1 is 1.57 bits per heavy atom. The lowest BCUT2D eigenvalue weighted by Crippen LogP contribution is -2.44. The molecule has 1 aliphatic heterocycles. The first-order chi connectivity index (χ1) is 10.1. The second kappa shape index (κ2) is 6.55. The lowest BCUT2D eigenvalue weighted by Gasteiger charge is -2.33. The molecule has 5 nitrogen and oxygen atoms in total. The van der Waals surface area contributed by atoms with Gasteiger partial charge in [-0.3, -0.25) is 4.79 Å². The first-order valence-corrected chi connectivity index (χ1v) is 6.86. The number of carboxylic acid groups (broad SMARTS) is 1. The van der Waals surface area contributed by atoms with Crippen molar-refractivity contribution in [3.63, 3.8) is 0 Å². The van der Waals surface area contributed by atoms with Gasteiger partial charge in [0.15, 0.2) is 0 Å². The maximum absolute atomic E-state index is 13.8. The van der Waals surface area contributed by atoms with Crippen molar-refractivity contribution in [2.45, 2.75) is 19.4 Å². The van der Waals surface area contributed by atoms with Gasteiger partial charge >= 0.3 is 5.97 Å². The van der Waals surface area contributed by atoms with Gasteiger partial charge in [-0.05, 0) is 18.6 Å². The zero-order chi connectivity index (χ0) is 15.4. The normalized spacial score (nSPS) is 21.0. The monoisotopic (exact) mass is 292 g/mol. The van der Waals surface area contributed by atoms with E-state index in [4.69, 9.17) is 4.74 Å². The van der Waals surface area contributed by atoms with Gasteiger partial charge in [-0.25, -0.2) is 4.39 Å². The molecule has 2 rings (SSSR count). The number of carboxylic acids is 1. The Bertz CT molecular complexity index is 571. The minimum Gasteiger partial charge on any atom is -0.481 e. The van der Waals surface area contributed by atoms with Crippen molar-refractivity contribution >= 4 is 11.7 Å². The molecule has 1 aromatic rings. The van der Waals surface area contributed by atoms with Crippen LogP contribution < -0.4 is 4.90 Å². The molecule has 1 aliphatic rings. The van der Waals surface area contributed by atoms with Gasteiger partial charge in [0.05, 0.1) is 24.9 Å². The number of hydrogen-bond acceptors (Lipinski definition) is 4. The third kappa shape index (κ3) is 2.98. The number of nitriles is 1. The Labute approximate surface area is 122 Å². The van der Waals surface area contributed by atoms with Crippen molar-refractivity contribution < 1.29 is 19.0 Å². The Balaban J connectivity index is 2.42. The molecule has 0 radical (unpaired) electrons. The number of halogens is 1. The summed E-state index contributed by atoms with van der Waals surface area (Å²) in [4.78, 5) is 13.1. The summed E-state index contributed by atoms with van der Waals surface area (Å²) < 4.78 is 19.1. The van der Waals surface area contributed by atoms with Gasteiger partial charge in [-0.15, -0.1) is 0 Å². The molecule has 1 N–H and O–H groups in total. The Morgan fingerprint density at radius 3 is 2.95 bits per heavy atom. The summed E-state index contributed by atoms with van der Waals surface area (Å²) >= 11 is 0. The molecule has 0 bridgehead atoms. The van der Waals surface area contributed by atoms with Crippen LogP contribution in [0.25, 0.3) is 0 Å². The van der Waals surface area contributed by atoms with Crippen LogP contribution in [-0.2, 0) is 9.53 Å². The highest BCUT2D eigenvalue weighted by Crippen LogP contribution is 2.29. The second-order valence-corrected chi connectivity index (χ2v) is 4.99. The van der Waals surface area contributed by atoms with Gasteiger partial charge in [0, 0.05) is 6.54 Å². The van der Waals surface area contributed by atoms with Crippen LogP contribution in [0.4, 0.5) is 10.1 Å². The Morgan fingerprint density at radius 2 is 2.33 bits per heavy atom. The molecule has 0 saturated carbocycles. The van der Waals surface area contributed by atoms with Crippen molar-refractivity contribution in [1.82, 2.24) is 0 Å². The van der Waals surface area contributed by atoms with Crippen LogP contribution in [0.2, 0.25) is 0 Å². The van der Waals surface area contributed by atoms with E-state index in [0.29, 0.717) is 12.2 Å². The maximum Gasteiger partial charge on any atom is 0.311 e. The van der Waals surface area contributed by atoms with E-state index in [9.17, 15) is 19.6 Å². The van der Waals surface area contributed by atoms with Gasteiger partial charge < -0.3 is 14.7 Å². The topological polar surface area (TPSA) is 73.6 Å². The summed E-state index contributed by atoms with van der Waals surface area (Å²) in [6.45, 7) is 2.88. The average Bonchev–Trinajstić information content (AvgIpc) is 2.94. The summed E-state index contributed by atoms with van der Waals surface area (Å²) in [5.41, 5.74) is 0.378. The summed E-state index contributed by atoms with van der Waals surface area (Å²) in [5.74, 6) is -2.21. The van der Waals surface area contributed by atoms with Gasteiger partial charge in [0.25, 0.3) is 0 Å². The number of aliphatic carboxylic acids is 1. The third-order valence-corrected chi connectivity index (χ3v) is 3.65. The molecule has 1 aromatic carbocycles. The molecule has 1 fully saturated rings. The second-order valence-electron chi connectivity index (χ2n) is 4.99. The molecule has 1 saturated heterocycles. The number of hydrogen-bond donors (Lipinski definition) is 1. The number of nitrogens with zero attached hydrogens (tertiary/aromatic N) is 2. The molecule has 0 amide bonds. The van der Waals surface area contributed by atoms with Gasteiger partial charge in [0.1, 0.15) is 23.4 Å².